The second-order valence-electron chi connectivity index (χ2n) is 3.94. The van der Waals surface area contributed by atoms with E-state index in [4.69, 9.17) is 12.2 Å². The number of halogens is 1. The van der Waals surface area contributed by atoms with Crippen molar-refractivity contribution < 1.29 is 4.39 Å². The van der Waals surface area contributed by atoms with E-state index in [9.17, 15) is 4.39 Å². The molecule has 13 heavy (non-hydrogen) atoms. The average molecular weight is 203 g/mol. The third kappa shape index (κ3) is 2.15. The van der Waals surface area contributed by atoms with Gasteiger partial charge in [-0.2, -0.15) is 5.10 Å². The molecule has 0 saturated heterocycles. The normalized spacial score (nSPS) is 12.0. The van der Waals surface area contributed by atoms with Crippen molar-refractivity contribution in [1.82, 2.24) is 14.8 Å². The number of hydrogen-bond acceptors (Lipinski definition) is 2. The molecular formula is C8H14FN3S. The van der Waals surface area contributed by atoms with Gasteiger partial charge in [-0.1, -0.05) is 20.8 Å². The zero-order chi connectivity index (χ0) is 10.1. The average Bonchev–Trinajstić information content (AvgIpc) is 2.32. The van der Waals surface area contributed by atoms with Crippen LogP contribution in [0.3, 0.4) is 0 Å². The fourth-order valence-corrected chi connectivity index (χ4v) is 1.41. The molecule has 1 aromatic rings. The van der Waals surface area contributed by atoms with E-state index in [0.717, 1.165) is 5.82 Å². The van der Waals surface area contributed by atoms with E-state index >= 15 is 0 Å². The highest BCUT2D eigenvalue weighted by Gasteiger charge is 2.20. The monoisotopic (exact) mass is 203 g/mol. The molecule has 0 atom stereocenters. The fourth-order valence-electron chi connectivity index (χ4n) is 1.18. The van der Waals surface area contributed by atoms with Crippen LogP contribution in [-0.4, -0.2) is 21.4 Å². The number of aromatic amines is 1. The summed E-state index contributed by atoms with van der Waals surface area (Å²) in [4.78, 5) is 0. The van der Waals surface area contributed by atoms with Gasteiger partial charge >= 0.3 is 0 Å². The Bertz CT molecular complexity index is 334. The zero-order valence-corrected chi connectivity index (χ0v) is 8.91. The molecule has 5 heteroatoms. The minimum Gasteiger partial charge on any atom is -0.301 e. The summed E-state index contributed by atoms with van der Waals surface area (Å²) in [6, 6.07) is 0. The number of alkyl halides is 1. The first-order valence-corrected chi connectivity index (χ1v) is 4.59. The van der Waals surface area contributed by atoms with Gasteiger partial charge in [0.15, 0.2) is 4.77 Å². The summed E-state index contributed by atoms with van der Waals surface area (Å²) in [6.45, 7) is 5.92. The van der Waals surface area contributed by atoms with Crippen LogP contribution in [-0.2, 0) is 12.0 Å². The van der Waals surface area contributed by atoms with Gasteiger partial charge in [-0.05, 0) is 12.2 Å². The zero-order valence-electron chi connectivity index (χ0n) is 8.09. The Morgan fingerprint density at radius 2 is 2.15 bits per heavy atom. The number of nitrogens with one attached hydrogen (secondary N) is 1. The molecule has 0 spiro atoms. The molecule has 0 aliphatic carbocycles. The van der Waals surface area contributed by atoms with E-state index < -0.39 is 6.67 Å². The van der Waals surface area contributed by atoms with Crippen molar-refractivity contribution in [2.24, 2.45) is 0 Å². The van der Waals surface area contributed by atoms with Gasteiger partial charge in [0.2, 0.25) is 0 Å². The minimum atomic E-state index is -0.420. The number of H-pyrrole nitrogens is 1. The van der Waals surface area contributed by atoms with Crippen molar-refractivity contribution in [1.29, 1.82) is 0 Å². The molecule has 74 valence electrons. The fraction of sp³-hybridized carbons (Fsp3) is 0.750. The molecule has 0 fully saturated rings. The van der Waals surface area contributed by atoms with Gasteiger partial charge in [0.1, 0.15) is 12.5 Å². The molecule has 0 aromatic carbocycles. The van der Waals surface area contributed by atoms with Crippen LogP contribution in [0.4, 0.5) is 4.39 Å². The maximum Gasteiger partial charge on any atom is 0.195 e. The van der Waals surface area contributed by atoms with E-state index in [1.54, 1.807) is 4.57 Å². The van der Waals surface area contributed by atoms with E-state index in [1.165, 1.54) is 0 Å². The Kier molecular flexibility index (Phi) is 2.85. The molecule has 0 unspecified atom stereocenters. The smallest absolute Gasteiger partial charge is 0.195 e. The summed E-state index contributed by atoms with van der Waals surface area (Å²) < 4.78 is 14.4. The topological polar surface area (TPSA) is 33.6 Å². The summed E-state index contributed by atoms with van der Waals surface area (Å²) in [5.41, 5.74) is -0.108. The van der Waals surface area contributed by atoms with Crippen molar-refractivity contribution in [2.45, 2.75) is 32.7 Å². The summed E-state index contributed by atoms with van der Waals surface area (Å²) in [5, 5.41) is 6.76. The van der Waals surface area contributed by atoms with Crippen LogP contribution in [0.25, 0.3) is 0 Å². The standard InChI is InChI=1S/C8H14FN3S/c1-8(2,3)6-10-11-7(13)12(6)5-4-9/h4-5H2,1-3H3,(H,11,13). The van der Waals surface area contributed by atoms with Gasteiger partial charge in [0.25, 0.3) is 0 Å². The predicted molar refractivity (Wildman–Crippen MR) is 52.1 cm³/mol. The summed E-state index contributed by atoms with van der Waals surface area (Å²) in [7, 11) is 0. The maximum atomic E-state index is 12.2. The molecule has 1 rings (SSSR count). The highest BCUT2D eigenvalue weighted by molar-refractivity contribution is 7.71. The molecule has 0 saturated carbocycles. The van der Waals surface area contributed by atoms with E-state index in [2.05, 4.69) is 10.2 Å². The third-order valence-corrected chi connectivity index (χ3v) is 2.05. The predicted octanol–water partition coefficient (Wildman–Crippen LogP) is 2.21. The molecule has 0 aliphatic heterocycles. The Morgan fingerprint density at radius 3 is 2.62 bits per heavy atom. The molecule has 1 N–H and O–H groups in total. The first-order valence-electron chi connectivity index (χ1n) is 4.18. The summed E-state index contributed by atoms with van der Waals surface area (Å²) in [5.74, 6) is 0.801. The van der Waals surface area contributed by atoms with Crippen molar-refractivity contribution in [2.75, 3.05) is 6.67 Å². The molecule has 1 heterocycles. The van der Waals surface area contributed by atoms with Crippen LogP contribution in [0, 0.1) is 4.77 Å². The van der Waals surface area contributed by atoms with Gasteiger partial charge in [-0.25, -0.2) is 4.39 Å². The maximum absolute atomic E-state index is 12.2. The van der Waals surface area contributed by atoms with E-state index in [-0.39, 0.29) is 12.0 Å². The second-order valence-corrected chi connectivity index (χ2v) is 4.33. The number of nitrogens with zero attached hydrogens (tertiary/aromatic N) is 2. The summed E-state index contributed by atoms with van der Waals surface area (Å²) >= 11 is 4.99. The Morgan fingerprint density at radius 1 is 1.54 bits per heavy atom. The summed E-state index contributed by atoms with van der Waals surface area (Å²) in [6.07, 6.45) is 0. The van der Waals surface area contributed by atoms with Crippen molar-refractivity contribution >= 4 is 12.2 Å². The quantitative estimate of drug-likeness (QED) is 0.748. The Labute approximate surface area is 82.0 Å². The lowest BCUT2D eigenvalue weighted by molar-refractivity contribution is 0.416. The van der Waals surface area contributed by atoms with Gasteiger partial charge in [0.05, 0.1) is 6.54 Å². The number of rotatable bonds is 2. The van der Waals surface area contributed by atoms with Gasteiger partial charge in [-0.3, -0.25) is 5.10 Å². The van der Waals surface area contributed by atoms with E-state index in [1.807, 2.05) is 20.8 Å². The van der Waals surface area contributed by atoms with Crippen LogP contribution in [0.2, 0.25) is 0 Å². The van der Waals surface area contributed by atoms with Crippen molar-refractivity contribution in [3.63, 3.8) is 0 Å². The molecule has 0 bridgehead atoms. The molecule has 1 aromatic heterocycles. The molecule has 3 nitrogen and oxygen atoms in total. The SMILES string of the molecule is CC(C)(C)c1n[nH]c(=S)n1CCF. The Hall–Kier alpha value is -0.710. The lowest BCUT2D eigenvalue weighted by atomic mass is 9.96. The molecule has 0 aliphatic rings. The van der Waals surface area contributed by atoms with Gasteiger partial charge in [0, 0.05) is 5.41 Å². The minimum absolute atomic E-state index is 0.108. The Balaban J connectivity index is 3.15. The van der Waals surface area contributed by atoms with Crippen LogP contribution in [0.15, 0.2) is 0 Å². The highest BCUT2D eigenvalue weighted by atomic mass is 32.1. The van der Waals surface area contributed by atoms with Crippen LogP contribution in [0.5, 0.6) is 0 Å². The second kappa shape index (κ2) is 3.57. The number of aromatic nitrogens is 3. The highest BCUT2D eigenvalue weighted by Crippen LogP contribution is 2.19. The third-order valence-electron chi connectivity index (χ3n) is 1.74. The van der Waals surface area contributed by atoms with Gasteiger partial charge in [-0.15, -0.1) is 0 Å². The molecule has 0 radical (unpaired) electrons. The van der Waals surface area contributed by atoms with Crippen LogP contribution < -0.4 is 0 Å². The first-order chi connectivity index (χ1) is 5.96. The first kappa shape index (κ1) is 10.4. The number of hydrogen-bond donors (Lipinski definition) is 1. The van der Waals surface area contributed by atoms with Crippen molar-refractivity contribution in [3.8, 4) is 0 Å². The van der Waals surface area contributed by atoms with E-state index in [0.29, 0.717) is 4.77 Å². The van der Waals surface area contributed by atoms with Crippen LogP contribution in [0.1, 0.15) is 26.6 Å². The van der Waals surface area contributed by atoms with Gasteiger partial charge < -0.3 is 4.57 Å². The lowest BCUT2D eigenvalue weighted by Gasteiger charge is -2.17. The molecular weight excluding hydrogens is 189 g/mol. The molecule has 0 amide bonds. The largest absolute Gasteiger partial charge is 0.301 e. The van der Waals surface area contributed by atoms with Crippen molar-refractivity contribution in [3.05, 3.63) is 10.6 Å². The van der Waals surface area contributed by atoms with Crippen LogP contribution >= 0.6 is 12.2 Å². The lowest BCUT2D eigenvalue weighted by Crippen LogP contribution is -2.19.